The lowest BCUT2D eigenvalue weighted by Crippen LogP contribution is -2.18. The van der Waals surface area contributed by atoms with Gasteiger partial charge in [0.05, 0.1) is 5.69 Å². The van der Waals surface area contributed by atoms with Crippen LogP contribution >= 0.6 is 0 Å². The van der Waals surface area contributed by atoms with E-state index in [0.29, 0.717) is 6.04 Å². The second-order valence-electron chi connectivity index (χ2n) is 4.43. The van der Waals surface area contributed by atoms with Crippen molar-refractivity contribution in [1.82, 2.24) is 15.5 Å². The summed E-state index contributed by atoms with van der Waals surface area (Å²) >= 11 is 0. The number of rotatable bonds is 4. The minimum Gasteiger partial charge on any atom is -0.306 e. The summed E-state index contributed by atoms with van der Waals surface area (Å²) in [5.41, 5.74) is 4.81. The molecular weight excluding hydrogens is 210 g/mol. The number of aryl methyl sites for hydroxylation is 2. The number of hydrogen-bond donors (Lipinski definition) is 2. The van der Waals surface area contributed by atoms with Crippen LogP contribution in [-0.2, 0) is 6.54 Å². The van der Waals surface area contributed by atoms with Gasteiger partial charge in [-0.15, -0.1) is 0 Å². The molecule has 0 saturated heterocycles. The van der Waals surface area contributed by atoms with E-state index in [1.807, 2.05) is 13.0 Å². The van der Waals surface area contributed by atoms with E-state index in [4.69, 9.17) is 0 Å². The van der Waals surface area contributed by atoms with E-state index in [-0.39, 0.29) is 0 Å². The van der Waals surface area contributed by atoms with E-state index in [2.05, 4.69) is 53.6 Å². The Balaban J connectivity index is 1.99. The molecule has 1 heterocycles. The maximum absolute atomic E-state index is 4.20. The molecule has 2 N–H and O–H groups in total. The Labute approximate surface area is 102 Å². The summed E-state index contributed by atoms with van der Waals surface area (Å²) < 4.78 is 0. The average molecular weight is 229 g/mol. The van der Waals surface area contributed by atoms with Crippen molar-refractivity contribution in [1.29, 1.82) is 0 Å². The second kappa shape index (κ2) is 5.15. The van der Waals surface area contributed by atoms with E-state index < -0.39 is 0 Å². The molecule has 0 amide bonds. The van der Waals surface area contributed by atoms with E-state index in [9.17, 15) is 0 Å². The quantitative estimate of drug-likeness (QED) is 0.846. The fourth-order valence-corrected chi connectivity index (χ4v) is 1.95. The zero-order valence-corrected chi connectivity index (χ0v) is 10.6. The third-order valence-corrected chi connectivity index (χ3v) is 3.17. The normalized spacial score (nSPS) is 12.6. The highest BCUT2D eigenvalue weighted by molar-refractivity contribution is 5.24. The predicted molar refractivity (Wildman–Crippen MR) is 69.8 cm³/mol. The Morgan fingerprint density at radius 1 is 1.24 bits per heavy atom. The number of H-pyrrole nitrogens is 1. The van der Waals surface area contributed by atoms with Crippen LogP contribution in [0.15, 0.2) is 30.3 Å². The molecule has 1 aromatic carbocycles. The summed E-state index contributed by atoms with van der Waals surface area (Å²) in [6.07, 6.45) is 0. The zero-order valence-electron chi connectivity index (χ0n) is 10.6. The van der Waals surface area contributed by atoms with Crippen LogP contribution in [0.4, 0.5) is 0 Å². The molecular formula is C14H19N3. The minimum atomic E-state index is 0.352. The Kier molecular flexibility index (Phi) is 3.59. The number of nitrogens with zero attached hydrogens (tertiary/aromatic N) is 1. The van der Waals surface area contributed by atoms with Gasteiger partial charge in [0, 0.05) is 23.8 Å². The van der Waals surface area contributed by atoms with Gasteiger partial charge in [-0.25, -0.2) is 0 Å². The van der Waals surface area contributed by atoms with E-state index >= 15 is 0 Å². The van der Waals surface area contributed by atoms with Crippen LogP contribution in [0.3, 0.4) is 0 Å². The van der Waals surface area contributed by atoms with E-state index in [1.165, 1.54) is 11.1 Å². The zero-order chi connectivity index (χ0) is 12.3. The van der Waals surface area contributed by atoms with E-state index in [1.54, 1.807) is 0 Å². The molecule has 90 valence electrons. The van der Waals surface area contributed by atoms with Crippen LogP contribution in [0, 0.1) is 13.8 Å². The van der Waals surface area contributed by atoms with Gasteiger partial charge in [0.1, 0.15) is 0 Å². The molecule has 0 bridgehead atoms. The van der Waals surface area contributed by atoms with Crippen LogP contribution in [0.1, 0.15) is 35.5 Å². The van der Waals surface area contributed by atoms with Crippen molar-refractivity contribution in [2.24, 2.45) is 0 Å². The molecule has 0 aliphatic heterocycles. The van der Waals surface area contributed by atoms with Gasteiger partial charge in [0.2, 0.25) is 0 Å². The number of aromatic nitrogens is 2. The van der Waals surface area contributed by atoms with Crippen LogP contribution < -0.4 is 5.32 Å². The standard InChI is InChI=1S/C14H19N3/c1-10(13-7-5-4-6-8-13)15-9-14-11(2)16-17-12(14)3/h4-8,10,15H,9H2,1-3H3,(H,16,17)/t10-/m1/s1. The number of nitrogens with one attached hydrogen (secondary N) is 2. The Bertz CT molecular complexity index is 454. The van der Waals surface area contributed by atoms with Gasteiger partial charge in [0.15, 0.2) is 0 Å². The fourth-order valence-electron chi connectivity index (χ4n) is 1.95. The van der Waals surface area contributed by atoms with Crippen LogP contribution in [-0.4, -0.2) is 10.2 Å². The minimum absolute atomic E-state index is 0.352. The molecule has 2 aromatic rings. The van der Waals surface area contributed by atoms with Crippen molar-refractivity contribution in [3.05, 3.63) is 52.8 Å². The molecule has 17 heavy (non-hydrogen) atoms. The smallest absolute Gasteiger partial charge is 0.0638 e. The largest absolute Gasteiger partial charge is 0.306 e. The summed E-state index contributed by atoms with van der Waals surface area (Å²) in [5, 5.41) is 10.7. The molecule has 0 unspecified atom stereocenters. The maximum atomic E-state index is 4.20. The lowest BCUT2D eigenvalue weighted by atomic mass is 10.1. The SMILES string of the molecule is Cc1n[nH]c(C)c1CN[C@H](C)c1ccccc1. The predicted octanol–water partition coefficient (Wildman–Crippen LogP) is 2.88. The topological polar surface area (TPSA) is 40.7 Å². The van der Waals surface area contributed by atoms with Crippen molar-refractivity contribution in [3.63, 3.8) is 0 Å². The number of aromatic amines is 1. The Morgan fingerprint density at radius 3 is 2.53 bits per heavy atom. The molecule has 0 spiro atoms. The van der Waals surface area contributed by atoms with Crippen molar-refractivity contribution in [3.8, 4) is 0 Å². The van der Waals surface area contributed by atoms with Crippen molar-refractivity contribution < 1.29 is 0 Å². The molecule has 0 aliphatic carbocycles. The van der Waals surface area contributed by atoms with Crippen molar-refractivity contribution in [2.75, 3.05) is 0 Å². The summed E-state index contributed by atoms with van der Waals surface area (Å²) in [6, 6.07) is 10.8. The first-order valence-corrected chi connectivity index (χ1v) is 5.97. The average Bonchev–Trinajstić information content (AvgIpc) is 2.67. The lowest BCUT2D eigenvalue weighted by Gasteiger charge is -2.14. The molecule has 0 saturated carbocycles. The molecule has 0 aliphatic rings. The van der Waals surface area contributed by atoms with Gasteiger partial charge in [-0.3, -0.25) is 5.10 Å². The first kappa shape index (κ1) is 11.9. The van der Waals surface area contributed by atoms with Gasteiger partial charge in [-0.05, 0) is 26.3 Å². The summed E-state index contributed by atoms with van der Waals surface area (Å²) in [4.78, 5) is 0. The second-order valence-corrected chi connectivity index (χ2v) is 4.43. The molecule has 1 aromatic heterocycles. The third kappa shape index (κ3) is 2.74. The van der Waals surface area contributed by atoms with Gasteiger partial charge < -0.3 is 5.32 Å². The third-order valence-electron chi connectivity index (χ3n) is 3.17. The van der Waals surface area contributed by atoms with Crippen molar-refractivity contribution in [2.45, 2.75) is 33.4 Å². The van der Waals surface area contributed by atoms with Crippen molar-refractivity contribution >= 4 is 0 Å². The lowest BCUT2D eigenvalue weighted by molar-refractivity contribution is 0.572. The number of hydrogen-bond acceptors (Lipinski definition) is 2. The molecule has 0 radical (unpaired) electrons. The Hall–Kier alpha value is -1.61. The van der Waals surface area contributed by atoms with Gasteiger partial charge in [-0.1, -0.05) is 30.3 Å². The van der Waals surface area contributed by atoms with Gasteiger partial charge >= 0.3 is 0 Å². The van der Waals surface area contributed by atoms with Gasteiger partial charge in [-0.2, -0.15) is 5.10 Å². The monoisotopic (exact) mass is 229 g/mol. The first-order valence-electron chi connectivity index (χ1n) is 5.97. The summed E-state index contributed by atoms with van der Waals surface area (Å²) in [5.74, 6) is 0. The molecule has 0 fully saturated rings. The number of benzene rings is 1. The van der Waals surface area contributed by atoms with Crippen LogP contribution in [0.5, 0.6) is 0 Å². The summed E-state index contributed by atoms with van der Waals surface area (Å²) in [7, 11) is 0. The summed E-state index contributed by atoms with van der Waals surface area (Å²) in [6.45, 7) is 7.13. The fraction of sp³-hybridized carbons (Fsp3) is 0.357. The maximum Gasteiger partial charge on any atom is 0.0638 e. The highest BCUT2D eigenvalue weighted by atomic mass is 15.1. The molecule has 2 rings (SSSR count). The highest BCUT2D eigenvalue weighted by Gasteiger charge is 2.08. The molecule has 3 heteroatoms. The van der Waals surface area contributed by atoms with Crippen LogP contribution in [0.25, 0.3) is 0 Å². The molecule has 1 atom stereocenters. The van der Waals surface area contributed by atoms with E-state index in [0.717, 1.165) is 17.9 Å². The Morgan fingerprint density at radius 2 is 1.94 bits per heavy atom. The molecule has 3 nitrogen and oxygen atoms in total. The highest BCUT2D eigenvalue weighted by Crippen LogP contribution is 2.14. The first-order chi connectivity index (χ1) is 8.18. The van der Waals surface area contributed by atoms with Gasteiger partial charge in [0.25, 0.3) is 0 Å². The van der Waals surface area contributed by atoms with Crippen LogP contribution in [0.2, 0.25) is 0 Å².